The molecule has 41 heavy (non-hydrogen) atoms. The summed E-state index contributed by atoms with van der Waals surface area (Å²) in [5.74, 6) is -0.277. The minimum Gasteiger partial charge on any atom is -0.342 e. The molecule has 1 N–H and O–H groups in total. The van der Waals surface area contributed by atoms with Crippen LogP contribution in [0.2, 0.25) is 0 Å². The van der Waals surface area contributed by atoms with Gasteiger partial charge in [-0.1, -0.05) is 112 Å². The van der Waals surface area contributed by atoms with E-state index in [1.165, 1.54) is 11.1 Å². The van der Waals surface area contributed by atoms with E-state index in [0.717, 1.165) is 45.2 Å². The number of hydrogen-bond donors (Lipinski definition) is 1. The Kier molecular flexibility index (Phi) is 6.94. The van der Waals surface area contributed by atoms with Gasteiger partial charge < -0.3 is 4.57 Å². The average Bonchev–Trinajstić information content (AvgIpc) is 3.33. The normalized spacial score (nSPS) is 11.9. The summed E-state index contributed by atoms with van der Waals surface area (Å²) < 4.78 is 2.21. The van der Waals surface area contributed by atoms with Crippen LogP contribution in [0.25, 0.3) is 33.1 Å². The number of pyridine rings is 1. The van der Waals surface area contributed by atoms with Crippen molar-refractivity contribution in [2.45, 2.75) is 32.7 Å². The van der Waals surface area contributed by atoms with Gasteiger partial charge in [-0.3, -0.25) is 4.79 Å². The molecule has 0 saturated carbocycles. The fraction of sp³-hybridized carbons (Fsp3) is 0.139. The van der Waals surface area contributed by atoms with Gasteiger partial charge in [-0.25, -0.2) is 10.4 Å². The maximum absolute atomic E-state index is 13.5. The molecule has 4 aromatic carbocycles. The third-order valence-electron chi connectivity index (χ3n) is 7.39. The molecule has 0 atom stereocenters. The van der Waals surface area contributed by atoms with E-state index in [1.54, 1.807) is 6.21 Å². The summed E-state index contributed by atoms with van der Waals surface area (Å²) in [7, 11) is 0. The molecule has 1 amide bonds. The molecule has 5 heteroatoms. The lowest BCUT2D eigenvalue weighted by atomic mass is 9.86. The van der Waals surface area contributed by atoms with Gasteiger partial charge in [0.15, 0.2) is 0 Å². The Labute approximate surface area is 240 Å². The molecule has 6 rings (SSSR count). The summed E-state index contributed by atoms with van der Waals surface area (Å²) >= 11 is 0. The first-order valence-corrected chi connectivity index (χ1v) is 13.8. The fourth-order valence-electron chi connectivity index (χ4n) is 5.16. The van der Waals surface area contributed by atoms with Crippen LogP contribution in [0, 0.1) is 0 Å². The Morgan fingerprint density at radius 2 is 1.54 bits per heavy atom. The van der Waals surface area contributed by atoms with Crippen molar-refractivity contribution in [1.82, 2.24) is 15.0 Å². The minimum absolute atomic E-state index is 0.0617. The van der Waals surface area contributed by atoms with Gasteiger partial charge in [0.05, 0.1) is 23.0 Å². The minimum atomic E-state index is -0.277. The highest BCUT2D eigenvalue weighted by atomic mass is 16.2. The van der Waals surface area contributed by atoms with Crippen molar-refractivity contribution in [3.05, 3.63) is 138 Å². The maximum atomic E-state index is 13.5. The van der Waals surface area contributed by atoms with E-state index in [0.29, 0.717) is 5.56 Å². The molecule has 0 saturated heterocycles. The zero-order chi connectivity index (χ0) is 28.4. The SMILES string of the molecule is CC(C)(C)c1ccc(-c2cc(C(=O)N/N=C/c3cn(Cc4ccccc4)c4ccccc34)c3ccccc3n2)cc1. The number of hydrogen-bond acceptors (Lipinski definition) is 3. The summed E-state index contributed by atoms with van der Waals surface area (Å²) in [5, 5.41) is 6.25. The van der Waals surface area contributed by atoms with Gasteiger partial charge in [0.25, 0.3) is 5.91 Å². The predicted molar refractivity (Wildman–Crippen MR) is 168 cm³/mol. The first-order chi connectivity index (χ1) is 19.9. The highest BCUT2D eigenvalue weighted by Gasteiger charge is 2.16. The second-order valence-electron chi connectivity index (χ2n) is 11.3. The number of nitrogens with one attached hydrogen (secondary N) is 1. The lowest BCUT2D eigenvalue weighted by Crippen LogP contribution is -2.18. The largest absolute Gasteiger partial charge is 0.342 e. The van der Waals surface area contributed by atoms with Gasteiger partial charge in [-0.15, -0.1) is 0 Å². The van der Waals surface area contributed by atoms with Crippen LogP contribution in [-0.2, 0) is 12.0 Å². The second-order valence-corrected chi connectivity index (χ2v) is 11.3. The number of rotatable bonds is 6. The highest BCUT2D eigenvalue weighted by Crippen LogP contribution is 2.28. The molecule has 0 bridgehead atoms. The van der Waals surface area contributed by atoms with Crippen LogP contribution in [0.15, 0.2) is 120 Å². The van der Waals surface area contributed by atoms with Gasteiger partial charge in [-0.2, -0.15) is 5.10 Å². The van der Waals surface area contributed by atoms with Crippen molar-refractivity contribution in [3.8, 4) is 11.3 Å². The number of nitrogens with zero attached hydrogens (tertiary/aromatic N) is 3. The van der Waals surface area contributed by atoms with Crippen LogP contribution in [0.4, 0.5) is 0 Å². The van der Waals surface area contributed by atoms with E-state index in [-0.39, 0.29) is 11.3 Å². The van der Waals surface area contributed by atoms with Gasteiger partial charge in [-0.05, 0) is 34.7 Å². The average molecular weight is 537 g/mol. The topological polar surface area (TPSA) is 59.3 Å². The summed E-state index contributed by atoms with van der Waals surface area (Å²) in [6.07, 6.45) is 3.80. The summed E-state index contributed by atoms with van der Waals surface area (Å²) in [6, 6.07) is 36.6. The Bertz CT molecular complexity index is 1880. The quantitative estimate of drug-likeness (QED) is 0.173. The third kappa shape index (κ3) is 5.52. The van der Waals surface area contributed by atoms with E-state index < -0.39 is 0 Å². The second kappa shape index (κ2) is 10.9. The van der Waals surface area contributed by atoms with Crippen molar-refractivity contribution in [1.29, 1.82) is 0 Å². The zero-order valence-corrected chi connectivity index (χ0v) is 23.5. The molecule has 0 aliphatic heterocycles. The maximum Gasteiger partial charge on any atom is 0.272 e. The summed E-state index contributed by atoms with van der Waals surface area (Å²) in [6.45, 7) is 7.34. The van der Waals surface area contributed by atoms with Crippen LogP contribution in [0.5, 0.6) is 0 Å². The van der Waals surface area contributed by atoms with Crippen molar-refractivity contribution >= 4 is 33.9 Å². The molecule has 0 aliphatic carbocycles. The molecule has 0 fully saturated rings. The van der Waals surface area contributed by atoms with Crippen LogP contribution in [0.3, 0.4) is 0 Å². The standard InChI is InChI=1S/C36H32N4O/c1-36(2,3)28-19-17-26(18-20-28)33-21-31(30-14-7-9-15-32(30)38-33)35(41)39-37-22-27-24-40(23-25-11-5-4-6-12-25)34-16-10-8-13-29(27)34/h4-22,24H,23H2,1-3H3,(H,39,41)/b37-22+. The molecule has 5 nitrogen and oxygen atoms in total. The van der Waals surface area contributed by atoms with Crippen LogP contribution >= 0.6 is 0 Å². The number of carbonyl (C=O) groups is 1. The Morgan fingerprint density at radius 3 is 2.29 bits per heavy atom. The molecule has 202 valence electrons. The van der Waals surface area contributed by atoms with Crippen molar-refractivity contribution in [2.24, 2.45) is 5.10 Å². The van der Waals surface area contributed by atoms with Gasteiger partial charge in [0.1, 0.15) is 0 Å². The molecular formula is C36H32N4O. The number of para-hydroxylation sites is 2. The molecule has 0 aliphatic rings. The van der Waals surface area contributed by atoms with Crippen molar-refractivity contribution in [3.63, 3.8) is 0 Å². The first-order valence-electron chi connectivity index (χ1n) is 13.8. The number of fused-ring (bicyclic) bond motifs is 2. The Balaban J connectivity index is 1.29. The van der Waals surface area contributed by atoms with Crippen LogP contribution in [0.1, 0.15) is 47.8 Å². The lowest BCUT2D eigenvalue weighted by Gasteiger charge is -2.19. The smallest absolute Gasteiger partial charge is 0.272 e. The number of carbonyl (C=O) groups excluding carboxylic acids is 1. The summed E-state index contributed by atoms with van der Waals surface area (Å²) in [4.78, 5) is 18.3. The van der Waals surface area contributed by atoms with Gasteiger partial charge in [0, 0.05) is 40.2 Å². The van der Waals surface area contributed by atoms with Crippen LogP contribution < -0.4 is 5.43 Å². The van der Waals surface area contributed by atoms with E-state index in [1.807, 2.05) is 60.7 Å². The van der Waals surface area contributed by atoms with Crippen LogP contribution in [-0.4, -0.2) is 21.7 Å². The Hall–Kier alpha value is -5.03. The predicted octanol–water partition coefficient (Wildman–Crippen LogP) is 7.97. The Morgan fingerprint density at radius 1 is 0.854 bits per heavy atom. The monoisotopic (exact) mass is 536 g/mol. The first kappa shape index (κ1) is 26.2. The zero-order valence-electron chi connectivity index (χ0n) is 23.5. The molecule has 0 unspecified atom stereocenters. The van der Waals surface area contributed by atoms with E-state index >= 15 is 0 Å². The van der Waals surface area contributed by atoms with E-state index in [9.17, 15) is 4.79 Å². The molecular weight excluding hydrogens is 504 g/mol. The third-order valence-corrected chi connectivity index (χ3v) is 7.39. The van der Waals surface area contributed by atoms with Gasteiger partial charge in [0.2, 0.25) is 0 Å². The lowest BCUT2D eigenvalue weighted by molar-refractivity contribution is 0.0956. The van der Waals surface area contributed by atoms with E-state index in [4.69, 9.17) is 4.98 Å². The van der Waals surface area contributed by atoms with Gasteiger partial charge >= 0.3 is 0 Å². The molecule has 2 heterocycles. The van der Waals surface area contributed by atoms with E-state index in [2.05, 4.69) is 90.6 Å². The molecule has 2 aromatic heterocycles. The number of aromatic nitrogens is 2. The number of hydrazone groups is 1. The molecule has 6 aromatic rings. The fourth-order valence-corrected chi connectivity index (χ4v) is 5.16. The van der Waals surface area contributed by atoms with Crippen molar-refractivity contribution < 1.29 is 4.79 Å². The van der Waals surface area contributed by atoms with Crippen molar-refractivity contribution in [2.75, 3.05) is 0 Å². The molecule has 0 spiro atoms. The summed E-state index contributed by atoms with van der Waals surface area (Å²) in [5.41, 5.74) is 10.4. The highest BCUT2D eigenvalue weighted by molar-refractivity contribution is 6.07. The number of amides is 1. The number of benzene rings is 4. The molecule has 0 radical (unpaired) electrons.